The number of nitrogens with one attached hydrogen (secondary N) is 2. The number of anilines is 4. The number of hydrogen-bond acceptors (Lipinski definition) is 7. The van der Waals surface area contributed by atoms with Crippen LogP contribution in [-0.4, -0.2) is 33.9 Å². The van der Waals surface area contributed by atoms with Gasteiger partial charge in [-0.05, 0) is 50.1 Å². The van der Waals surface area contributed by atoms with E-state index in [1.54, 1.807) is 18.2 Å². The summed E-state index contributed by atoms with van der Waals surface area (Å²) in [6.45, 7) is 3.88. The zero-order valence-electron chi connectivity index (χ0n) is 17.0. The Morgan fingerprint density at radius 2 is 1.71 bits per heavy atom. The van der Waals surface area contributed by atoms with Gasteiger partial charge in [0.05, 0.1) is 4.92 Å². The molecule has 31 heavy (non-hydrogen) atoms. The highest BCUT2D eigenvalue weighted by Crippen LogP contribution is 2.23. The molecule has 2 aromatic carbocycles. The number of amides is 1. The summed E-state index contributed by atoms with van der Waals surface area (Å²) >= 11 is 0. The summed E-state index contributed by atoms with van der Waals surface area (Å²) in [5.74, 6) is 0.897. The molecule has 3 aromatic rings. The van der Waals surface area contributed by atoms with Crippen molar-refractivity contribution in [2.24, 2.45) is 0 Å². The lowest BCUT2D eigenvalue weighted by Crippen LogP contribution is -2.21. The smallest absolute Gasteiger partial charge is 0.282 e. The van der Waals surface area contributed by atoms with Crippen LogP contribution < -0.4 is 15.5 Å². The van der Waals surface area contributed by atoms with E-state index in [1.165, 1.54) is 18.2 Å². The average Bonchev–Trinajstić information content (AvgIpc) is 3.30. The van der Waals surface area contributed by atoms with Crippen molar-refractivity contribution in [3.05, 3.63) is 76.0 Å². The van der Waals surface area contributed by atoms with Gasteiger partial charge in [-0.3, -0.25) is 14.9 Å². The molecule has 1 saturated heterocycles. The van der Waals surface area contributed by atoms with Gasteiger partial charge in [0.1, 0.15) is 11.4 Å². The van der Waals surface area contributed by atoms with E-state index in [9.17, 15) is 14.9 Å². The van der Waals surface area contributed by atoms with Crippen LogP contribution in [0, 0.1) is 17.0 Å². The molecule has 158 valence electrons. The van der Waals surface area contributed by atoms with Gasteiger partial charge in [0.15, 0.2) is 0 Å². The number of hydrogen-bond donors (Lipinski definition) is 2. The van der Waals surface area contributed by atoms with Crippen LogP contribution in [0.25, 0.3) is 0 Å². The Balaban J connectivity index is 1.45. The summed E-state index contributed by atoms with van der Waals surface area (Å²) in [5, 5.41) is 17.1. The number of aromatic nitrogens is 2. The van der Waals surface area contributed by atoms with Crippen LogP contribution in [0.1, 0.15) is 28.9 Å². The van der Waals surface area contributed by atoms with Crippen LogP contribution >= 0.6 is 0 Å². The normalized spacial score (nSPS) is 13.1. The molecule has 0 saturated carbocycles. The number of nitro groups is 1. The van der Waals surface area contributed by atoms with Crippen molar-refractivity contribution in [2.75, 3.05) is 28.6 Å². The van der Waals surface area contributed by atoms with Crippen molar-refractivity contribution < 1.29 is 9.72 Å². The monoisotopic (exact) mass is 418 g/mol. The molecule has 0 unspecified atom stereocenters. The lowest BCUT2D eigenvalue weighted by molar-refractivity contribution is -0.385. The van der Waals surface area contributed by atoms with Gasteiger partial charge >= 0.3 is 0 Å². The van der Waals surface area contributed by atoms with E-state index >= 15 is 0 Å². The lowest BCUT2D eigenvalue weighted by atomic mass is 10.1. The number of carbonyl (C=O) groups excluding carboxylic acids is 1. The van der Waals surface area contributed by atoms with Gasteiger partial charge in [0, 0.05) is 42.3 Å². The predicted octanol–water partition coefficient (Wildman–Crippen LogP) is 4.29. The van der Waals surface area contributed by atoms with E-state index < -0.39 is 10.8 Å². The Labute approximate surface area is 179 Å². The first kappa shape index (κ1) is 20.3. The molecule has 1 aliphatic heterocycles. The van der Waals surface area contributed by atoms with Crippen LogP contribution in [0.4, 0.5) is 28.8 Å². The van der Waals surface area contributed by atoms with E-state index in [2.05, 4.69) is 25.5 Å². The molecule has 1 fully saturated rings. The molecule has 1 aromatic heterocycles. The second-order valence-corrected chi connectivity index (χ2v) is 7.32. The summed E-state index contributed by atoms with van der Waals surface area (Å²) in [7, 11) is 0. The molecule has 0 atom stereocenters. The van der Waals surface area contributed by atoms with Crippen LogP contribution in [0.15, 0.2) is 54.6 Å². The maximum Gasteiger partial charge on any atom is 0.282 e. The third-order valence-electron chi connectivity index (χ3n) is 4.99. The molecule has 0 bridgehead atoms. The second-order valence-electron chi connectivity index (χ2n) is 7.32. The first-order valence-corrected chi connectivity index (χ1v) is 10.0. The lowest BCUT2D eigenvalue weighted by Gasteiger charge is -2.17. The van der Waals surface area contributed by atoms with Gasteiger partial charge in [0.25, 0.3) is 11.6 Å². The van der Waals surface area contributed by atoms with Crippen molar-refractivity contribution in [3.63, 3.8) is 0 Å². The fourth-order valence-corrected chi connectivity index (χ4v) is 3.48. The molecule has 0 spiro atoms. The first-order chi connectivity index (χ1) is 15.0. The van der Waals surface area contributed by atoms with Gasteiger partial charge in [-0.25, -0.2) is 4.98 Å². The van der Waals surface area contributed by atoms with E-state index in [0.29, 0.717) is 11.5 Å². The predicted molar refractivity (Wildman–Crippen MR) is 119 cm³/mol. The minimum Gasteiger partial charge on any atom is -0.341 e. The zero-order valence-corrected chi connectivity index (χ0v) is 17.0. The molecule has 9 nitrogen and oxygen atoms in total. The average molecular weight is 418 g/mol. The quantitative estimate of drug-likeness (QED) is 0.453. The summed E-state index contributed by atoms with van der Waals surface area (Å²) in [4.78, 5) is 34.4. The largest absolute Gasteiger partial charge is 0.341 e. The van der Waals surface area contributed by atoms with Crippen molar-refractivity contribution in [3.8, 4) is 0 Å². The summed E-state index contributed by atoms with van der Waals surface area (Å²) < 4.78 is 0. The minimum atomic E-state index is -0.567. The number of rotatable bonds is 6. The standard InChI is InChI=1S/C22H22N6O3/c1-15-14-20(26-22(23-15)27-12-4-5-13-27)24-16-8-10-17(11-9-16)25-21(29)18-6-2-3-7-19(18)28(30)31/h2-3,6-11,14H,4-5,12-13H2,1H3,(H,25,29)(H,23,24,26). The van der Waals surface area contributed by atoms with Crippen molar-refractivity contribution in [2.45, 2.75) is 19.8 Å². The summed E-state index contributed by atoms with van der Waals surface area (Å²) in [6.07, 6.45) is 2.30. The Morgan fingerprint density at radius 1 is 1.03 bits per heavy atom. The van der Waals surface area contributed by atoms with E-state index in [-0.39, 0.29) is 11.3 Å². The fraction of sp³-hybridized carbons (Fsp3) is 0.227. The molecular weight excluding hydrogens is 396 g/mol. The number of benzene rings is 2. The van der Waals surface area contributed by atoms with E-state index in [4.69, 9.17) is 0 Å². The van der Waals surface area contributed by atoms with Gasteiger partial charge < -0.3 is 15.5 Å². The maximum atomic E-state index is 12.5. The van der Waals surface area contributed by atoms with Crippen LogP contribution in [0.3, 0.4) is 0 Å². The molecule has 2 N–H and O–H groups in total. The zero-order chi connectivity index (χ0) is 21.8. The fourth-order valence-electron chi connectivity index (χ4n) is 3.48. The molecule has 1 aliphatic rings. The topological polar surface area (TPSA) is 113 Å². The molecule has 0 radical (unpaired) electrons. The third kappa shape index (κ3) is 4.77. The maximum absolute atomic E-state index is 12.5. The Kier molecular flexibility index (Phi) is 5.74. The van der Waals surface area contributed by atoms with Crippen LogP contribution in [0.2, 0.25) is 0 Å². The number of nitrogens with zero attached hydrogens (tertiary/aromatic N) is 4. The highest BCUT2D eigenvalue weighted by molar-refractivity contribution is 6.07. The SMILES string of the molecule is Cc1cc(Nc2ccc(NC(=O)c3ccccc3[N+](=O)[O-])cc2)nc(N2CCCC2)n1. The van der Waals surface area contributed by atoms with Crippen molar-refractivity contribution in [1.82, 2.24) is 9.97 Å². The first-order valence-electron chi connectivity index (χ1n) is 10.0. The molecule has 4 rings (SSSR count). The van der Waals surface area contributed by atoms with Crippen LogP contribution in [-0.2, 0) is 0 Å². The van der Waals surface area contributed by atoms with Gasteiger partial charge in [-0.2, -0.15) is 4.98 Å². The van der Waals surface area contributed by atoms with Gasteiger partial charge in [0.2, 0.25) is 5.95 Å². The number of aryl methyl sites for hydroxylation is 1. The minimum absolute atomic E-state index is 0.0144. The Hall–Kier alpha value is -4.01. The van der Waals surface area contributed by atoms with Gasteiger partial charge in [-0.1, -0.05) is 12.1 Å². The summed E-state index contributed by atoms with van der Waals surface area (Å²) in [6, 6.07) is 14.8. The van der Waals surface area contributed by atoms with Crippen molar-refractivity contribution >= 4 is 34.7 Å². The molecule has 0 aliphatic carbocycles. The second kappa shape index (κ2) is 8.78. The van der Waals surface area contributed by atoms with Gasteiger partial charge in [-0.15, -0.1) is 0 Å². The Morgan fingerprint density at radius 3 is 2.42 bits per heavy atom. The van der Waals surface area contributed by atoms with E-state index in [1.807, 2.05) is 25.1 Å². The van der Waals surface area contributed by atoms with Crippen molar-refractivity contribution in [1.29, 1.82) is 0 Å². The summed E-state index contributed by atoms with van der Waals surface area (Å²) in [5.41, 5.74) is 2.00. The molecule has 9 heteroatoms. The highest BCUT2D eigenvalue weighted by Gasteiger charge is 2.19. The Bertz CT molecular complexity index is 1110. The molecule has 2 heterocycles. The van der Waals surface area contributed by atoms with Crippen LogP contribution in [0.5, 0.6) is 0 Å². The number of nitro benzene ring substituents is 1. The number of carbonyl (C=O) groups is 1. The molecular formula is C22H22N6O3. The van der Waals surface area contributed by atoms with E-state index in [0.717, 1.165) is 43.3 Å². The molecule has 1 amide bonds. The third-order valence-corrected chi connectivity index (χ3v) is 4.99. The number of para-hydroxylation sites is 1. The highest BCUT2D eigenvalue weighted by atomic mass is 16.6.